The molecule has 0 unspecified atom stereocenters. The summed E-state index contributed by atoms with van der Waals surface area (Å²) < 4.78 is 1.64. The number of allylic oxidation sites excluding steroid dienone is 1. The molecule has 0 atom stereocenters. The van der Waals surface area contributed by atoms with Gasteiger partial charge >= 0.3 is 0 Å². The maximum absolute atomic E-state index is 10.5. The van der Waals surface area contributed by atoms with Gasteiger partial charge in [0.15, 0.2) is 5.82 Å². The Morgan fingerprint density at radius 1 is 1.12 bits per heavy atom. The van der Waals surface area contributed by atoms with Gasteiger partial charge in [-0.25, -0.2) is 14.6 Å². The number of anilines is 1. The van der Waals surface area contributed by atoms with Crippen molar-refractivity contribution < 1.29 is 5.11 Å². The molecule has 1 aromatic carbocycles. The summed E-state index contributed by atoms with van der Waals surface area (Å²) in [6, 6.07) is 5.42. The van der Waals surface area contributed by atoms with E-state index in [0.717, 1.165) is 37.3 Å². The number of piperazine rings is 1. The number of hydrogen-bond acceptors (Lipinski definition) is 8. The number of hydrogen-bond donors (Lipinski definition) is 2. The summed E-state index contributed by atoms with van der Waals surface area (Å²) in [6.07, 6.45) is 11.1. The van der Waals surface area contributed by atoms with Crippen LogP contribution in [-0.4, -0.2) is 61.2 Å². The number of nitrogens with zero attached hydrogens (tertiary/aromatic N) is 7. The van der Waals surface area contributed by atoms with Gasteiger partial charge in [0.05, 0.1) is 6.20 Å². The Bertz CT molecular complexity index is 1080. The molecule has 5 rings (SSSR count). The molecule has 1 saturated heterocycles. The van der Waals surface area contributed by atoms with Crippen LogP contribution in [0.15, 0.2) is 37.3 Å². The smallest absolute Gasteiger partial charge is 0.245 e. The highest BCUT2D eigenvalue weighted by molar-refractivity contribution is 5.78. The highest BCUT2D eigenvalue weighted by atomic mass is 16.3. The molecule has 0 bridgehead atoms. The number of aromatic hydroxyl groups is 1. The molecule has 1 aliphatic carbocycles. The Kier molecular flexibility index (Phi) is 6.86. The van der Waals surface area contributed by atoms with E-state index >= 15 is 0 Å². The summed E-state index contributed by atoms with van der Waals surface area (Å²) in [5.74, 6) is 1.37. The largest absolute Gasteiger partial charge is 0.507 e. The van der Waals surface area contributed by atoms with Gasteiger partial charge in [0.2, 0.25) is 5.95 Å². The van der Waals surface area contributed by atoms with Crippen molar-refractivity contribution in [3.05, 3.63) is 48.7 Å². The van der Waals surface area contributed by atoms with Crippen molar-refractivity contribution in [1.82, 2.24) is 35.3 Å². The molecule has 3 aromatic rings. The highest BCUT2D eigenvalue weighted by Crippen LogP contribution is 2.30. The van der Waals surface area contributed by atoms with E-state index in [9.17, 15) is 5.11 Å². The summed E-state index contributed by atoms with van der Waals surface area (Å²) in [4.78, 5) is 10.6. The second kappa shape index (κ2) is 10.1. The van der Waals surface area contributed by atoms with E-state index in [1.54, 1.807) is 23.0 Å². The van der Waals surface area contributed by atoms with Crippen LogP contribution in [0.25, 0.3) is 29.1 Å². The van der Waals surface area contributed by atoms with Crippen molar-refractivity contribution >= 4 is 23.8 Å². The van der Waals surface area contributed by atoms with Crippen molar-refractivity contribution in [2.45, 2.75) is 26.2 Å². The SMILES string of the molecule is C1CC1.C=Cc1ncnn1/C=C(\C)c1ccc(-c2cnc(N3CCNCC3)nn2)c(O)c1. The Hall–Kier alpha value is -3.59. The lowest BCUT2D eigenvalue weighted by atomic mass is 10.0. The van der Waals surface area contributed by atoms with Crippen LogP contribution >= 0.6 is 0 Å². The summed E-state index contributed by atoms with van der Waals surface area (Å²) in [5, 5.41) is 26.5. The zero-order valence-corrected chi connectivity index (χ0v) is 18.3. The molecule has 2 N–H and O–H groups in total. The quantitative estimate of drug-likeness (QED) is 0.634. The molecule has 1 aliphatic heterocycles. The minimum Gasteiger partial charge on any atom is -0.507 e. The average Bonchev–Trinajstić information content (AvgIpc) is 3.66. The van der Waals surface area contributed by atoms with Crippen LogP contribution in [0.4, 0.5) is 5.95 Å². The third-order valence-electron chi connectivity index (χ3n) is 5.13. The molecule has 2 aromatic heterocycles. The number of phenolic OH excluding ortho intramolecular Hbond substituents is 1. The van der Waals surface area contributed by atoms with E-state index < -0.39 is 0 Å². The third-order valence-corrected chi connectivity index (χ3v) is 5.13. The maximum atomic E-state index is 10.5. The molecule has 0 radical (unpaired) electrons. The van der Waals surface area contributed by atoms with Gasteiger partial charge in [0.25, 0.3) is 0 Å². The lowest BCUT2D eigenvalue weighted by Gasteiger charge is -2.26. The molecule has 9 nitrogen and oxygen atoms in total. The van der Waals surface area contributed by atoms with Crippen LogP contribution in [0.2, 0.25) is 0 Å². The van der Waals surface area contributed by atoms with E-state index in [1.807, 2.05) is 25.3 Å². The predicted octanol–water partition coefficient (Wildman–Crippen LogP) is 3.08. The van der Waals surface area contributed by atoms with Crippen LogP contribution in [0.1, 0.15) is 37.6 Å². The molecule has 3 heterocycles. The number of nitrogens with one attached hydrogen (secondary N) is 1. The molecule has 0 amide bonds. The van der Waals surface area contributed by atoms with Gasteiger partial charge in [-0.2, -0.15) is 5.10 Å². The Labute approximate surface area is 187 Å². The minimum absolute atomic E-state index is 0.115. The summed E-state index contributed by atoms with van der Waals surface area (Å²) in [6.45, 7) is 9.18. The van der Waals surface area contributed by atoms with Crippen LogP contribution in [0, 0.1) is 0 Å². The Balaban J connectivity index is 0.000000754. The van der Waals surface area contributed by atoms with Gasteiger partial charge in [-0.15, -0.1) is 10.2 Å². The molecule has 1 saturated carbocycles. The van der Waals surface area contributed by atoms with Gasteiger partial charge in [-0.05, 0) is 36.3 Å². The van der Waals surface area contributed by atoms with E-state index in [-0.39, 0.29) is 5.75 Å². The van der Waals surface area contributed by atoms with Crippen molar-refractivity contribution in [1.29, 1.82) is 0 Å². The molecule has 32 heavy (non-hydrogen) atoms. The van der Waals surface area contributed by atoms with E-state index in [2.05, 4.69) is 42.1 Å². The minimum atomic E-state index is 0.115. The van der Waals surface area contributed by atoms with E-state index in [0.29, 0.717) is 23.0 Å². The molecule has 2 fully saturated rings. The normalized spacial score (nSPS) is 15.7. The average molecular weight is 433 g/mol. The molecule has 166 valence electrons. The zero-order valence-electron chi connectivity index (χ0n) is 18.3. The van der Waals surface area contributed by atoms with Crippen molar-refractivity contribution in [2.75, 3.05) is 31.1 Å². The van der Waals surface area contributed by atoms with E-state index in [1.165, 1.54) is 25.6 Å². The van der Waals surface area contributed by atoms with Crippen molar-refractivity contribution in [2.24, 2.45) is 0 Å². The van der Waals surface area contributed by atoms with Gasteiger partial charge in [0.1, 0.15) is 17.8 Å². The first-order valence-corrected chi connectivity index (χ1v) is 10.8. The first kappa shape index (κ1) is 21.6. The van der Waals surface area contributed by atoms with Crippen LogP contribution in [0.5, 0.6) is 5.75 Å². The predicted molar refractivity (Wildman–Crippen MR) is 126 cm³/mol. The summed E-state index contributed by atoms with van der Waals surface area (Å²) in [7, 11) is 0. The number of phenols is 1. The molecule has 0 spiro atoms. The fraction of sp³-hybridized carbons (Fsp3) is 0.348. The number of benzene rings is 1. The lowest BCUT2D eigenvalue weighted by molar-refractivity contribution is 0.477. The highest BCUT2D eigenvalue weighted by Gasteiger charge is 2.15. The fourth-order valence-electron chi connectivity index (χ4n) is 3.16. The molecule has 2 aliphatic rings. The van der Waals surface area contributed by atoms with Crippen LogP contribution in [-0.2, 0) is 0 Å². The number of rotatable bonds is 5. The van der Waals surface area contributed by atoms with Gasteiger partial charge in [0, 0.05) is 37.9 Å². The van der Waals surface area contributed by atoms with Gasteiger partial charge in [-0.3, -0.25) is 0 Å². The topological polar surface area (TPSA) is 105 Å². The van der Waals surface area contributed by atoms with Crippen molar-refractivity contribution in [3.63, 3.8) is 0 Å². The van der Waals surface area contributed by atoms with Crippen LogP contribution in [0.3, 0.4) is 0 Å². The number of aromatic nitrogens is 6. The van der Waals surface area contributed by atoms with E-state index in [4.69, 9.17) is 0 Å². The maximum Gasteiger partial charge on any atom is 0.245 e. The standard InChI is InChI=1S/C20H22N8O.C3H6/c1-3-19-23-13-24-28(19)12-14(2)15-4-5-16(18(29)10-15)17-11-22-20(26-25-17)27-8-6-21-7-9-27;1-2-3-1/h3-5,10-13,21,29H,1,6-9H2,2H3;1-3H2/b14-12+;. The fourth-order valence-corrected chi connectivity index (χ4v) is 3.16. The summed E-state index contributed by atoms with van der Waals surface area (Å²) in [5.41, 5.74) is 2.88. The second-order valence-electron chi connectivity index (χ2n) is 7.75. The van der Waals surface area contributed by atoms with Gasteiger partial charge in [-0.1, -0.05) is 31.9 Å². The summed E-state index contributed by atoms with van der Waals surface area (Å²) >= 11 is 0. The Morgan fingerprint density at radius 2 is 1.91 bits per heavy atom. The zero-order chi connectivity index (χ0) is 22.3. The molecular formula is C23H28N8O. The Morgan fingerprint density at radius 3 is 2.53 bits per heavy atom. The molecule has 9 heteroatoms. The van der Waals surface area contributed by atoms with Gasteiger partial charge < -0.3 is 15.3 Å². The third kappa shape index (κ3) is 5.36. The monoisotopic (exact) mass is 432 g/mol. The molecular weight excluding hydrogens is 404 g/mol. The lowest BCUT2D eigenvalue weighted by Crippen LogP contribution is -2.44. The first-order valence-electron chi connectivity index (χ1n) is 10.8. The van der Waals surface area contributed by atoms with Crippen LogP contribution < -0.4 is 10.2 Å². The van der Waals surface area contributed by atoms with Crippen molar-refractivity contribution in [3.8, 4) is 17.0 Å². The first-order chi connectivity index (χ1) is 15.7. The second-order valence-corrected chi connectivity index (χ2v) is 7.75.